The molecular formula is C20H22N4OS2. The van der Waals surface area contributed by atoms with E-state index >= 15 is 0 Å². The first kappa shape index (κ1) is 18.3. The van der Waals surface area contributed by atoms with Gasteiger partial charge in [-0.25, -0.2) is 4.99 Å². The molecule has 2 aromatic rings. The van der Waals surface area contributed by atoms with Gasteiger partial charge in [0.2, 0.25) is 0 Å². The molecule has 0 spiro atoms. The molecule has 0 amide bonds. The summed E-state index contributed by atoms with van der Waals surface area (Å²) < 4.78 is 5.28. The number of benzene rings is 2. The SMILES string of the molecule is COc1cccc(N=C(Nc2cccc(C3CN4CCSC4=N3)c2)SC)c1. The van der Waals surface area contributed by atoms with Crippen molar-refractivity contribution in [3.63, 3.8) is 0 Å². The van der Waals surface area contributed by atoms with Gasteiger partial charge >= 0.3 is 0 Å². The van der Waals surface area contributed by atoms with Crippen LogP contribution in [0.4, 0.5) is 11.4 Å². The minimum Gasteiger partial charge on any atom is -0.497 e. The number of rotatable bonds is 4. The van der Waals surface area contributed by atoms with Gasteiger partial charge in [0.15, 0.2) is 10.3 Å². The summed E-state index contributed by atoms with van der Waals surface area (Å²) in [6, 6.07) is 16.5. The van der Waals surface area contributed by atoms with Gasteiger partial charge in [0, 0.05) is 30.6 Å². The van der Waals surface area contributed by atoms with Crippen LogP contribution in [0.5, 0.6) is 5.75 Å². The van der Waals surface area contributed by atoms with E-state index < -0.39 is 0 Å². The molecular weight excluding hydrogens is 376 g/mol. The topological polar surface area (TPSA) is 49.2 Å². The van der Waals surface area contributed by atoms with Crippen molar-refractivity contribution in [1.82, 2.24) is 4.90 Å². The van der Waals surface area contributed by atoms with Crippen LogP contribution in [0.3, 0.4) is 0 Å². The second kappa shape index (κ2) is 8.27. The lowest BCUT2D eigenvalue weighted by molar-refractivity contribution is 0.415. The average molecular weight is 399 g/mol. The van der Waals surface area contributed by atoms with Gasteiger partial charge in [-0.05, 0) is 36.1 Å². The Labute approximate surface area is 168 Å². The molecule has 2 aliphatic rings. The molecule has 2 aliphatic heterocycles. The molecule has 140 valence electrons. The molecule has 27 heavy (non-hydrogen) atoms. The predicted molar refractivity (Wildman–Crippen MR) is 118 cm³/mol. The van der Waals surface area contributed by atoms with Crippen LogP contribution in [0.25, 0.3) is 0 Å². The Morgan fingerprint density at radius 1 is 1.30 bits per heavy atom. The number of aliphatic imine (C=N–C) groups is 2. The van der Waals surface area contributed by atoms with Crippen molar-refractivity contribution in [2.45, 2.75) is 6.04 Å². The number of anilines is 1. The zero-order valence-corrected chi connectivity index (χ0v) is 17.0. The Morgan fingerprint density at radius 2 is 2.19 bits per heavy atom. The summed E-state index contributed by atoms with van der Waals surface area (Å²) in [5.41, 5.74) is 3.13. The molecule has 5 nitrogen and oxygen atoms in total. The van der Waals surface area contributed by atoms with Crippen molar-refractivity contribution in [3.05, 3.63) is 54.1 Å². The average Bonchev–Trinajstić information content (AvgIpc) is 3.30. The van der Waals surface area contributed by atoms with Gasteiger partial charge in [-0.1, -0.05) is 41.7 Å². The van der Waals surface area contributed by atoms with E-state index in [2.05, 4.69) is 34.5 Å². The highest BCUT2D eigenvalue weighted by atomic mass is 32.2. The highest BCUT2D eigenvalue weighted by molar-refractivity contribution is 8.14. The third-order valence-corrected chi connectivity index (χ3v) is 6.11. The van der Waals surface area contributed by atoms with Crippen molar-refractivity contribution in [2.24, 2.45) is 9.98 Å². The number of nitrogens with one attached hydrogen (secondary N) is 1. The molecule has 1 saturated heterocycles. The molecule has 0 aromatic heterocycles. The van der Waals surface area contributed by atoms with Crippen LogP contribution in [0.2, 0.25) is 0 Å². The van der Waals surface area contributed by atoms with Crippen molar-refractivity contribution in [3.8, 4) is 5.75 Å². The van der Waals surface area contributed by atoms with E-state index in [1.165, 1.54) is 10.7 Å². The van der Waals surface area contributed by atoms with E-state index in [4.69, 9.17) is 14.7 Å². The third-order valence-electron chi connectivity index (χ3n) is 4.52. The van der Waals surface area contributed by atoms with Crippen LogP contribution in [-0.2, 0) is 0 Å². The monoisotopic (exact) mass is 398 g/mol. The molecule has 2 heterocycles. The second-order valence-electron chi connectivity index (χ2n) is 6.29. The number of fused-ring (bicyclic) bond motifs is 1. The highest BCUT2D eigenvalue weighted by Crippen LogP contribution is 2.33. The molecule has 4 rings (SSSR count). The minimum absolute atomic E-state index is 0.225. The highest BCUT2D eigenvalue weighted by Gasteiger charge is 2.30. The van der Waals surface area contributed by atoms with E-state index in [0.29, 0.717) is 0 Å². The number of hydrogen-bond donors (Lipinski definition) is 1. The van der Waals surface area contributed by atoms with Gasteiger partial charge in [0.05, 0.1) is 18.8 Å². The Balaban J connectivity index is 1.51. The fraction of sp³-hybridized carbons (Fsp3) is 0.300. The Kier molecular flexibility index (Phi) is 5.59. The van der Waals surface area contributed by atoms with E-state index in [-0.39, 0.29) is 6.04 Å². The first-order valence-electron chi connectivity index (χ1n) is 8.84. The van der Waals surface area contributed by atoms with E-state index in [1.54, 1.807) is 18.9 Å². The largest absolute Gasteiger partial charge is 0.497 e. The fourth-order valence-corrected chi connectivity index (χ4v) is 4.62. The summed E-state index contributed by atoms with van der Waals surface area (Å²) in [6.07, 6.45) is 2.02. The third kappa shape index (κ3) is 4.25. The van der Waals surface area contributed by atoms with Gasteiger partial charge in [-0.15, -0.1) is 0 Å². The summed E-state index contributed by atoms with van der Waals surface area (Å²) in [6.45, 7) is 2.10. The van der Waals surface area contributed by atoms with Crippen LogP contribution in [0.1, 0.15) is 11.6 Å². The molecule has 0 saturated carbocycles. The molecule has 0 bridgehead atoms. The lowest BCUT2D eigenvalue weighted by Crippen LogP contribution is -2.21. The summed E-state index contributed by atoms with van der Waals surface area (Å²) in [7, 11) is 1.66. The Bertz CT molecular complexity index is 884. The molecule has 1 N–H and O–H groups in total. The lowest BCUT2D eigenvalue weighted by atomic mass is 10.1. The van der Waals surface area contributed by atoms with Crippen molar-refractivity contribution in [1.29, 1.82) is 0 Å². The Hall–Kier alpha value is -2.12. The summed E-state index contributed by atoms with van der Waals surface area (Å²) in [5, 5.41) is 5.47. The first-order valence-corrected chi connectivity index (χ1v) is 11.1. The number of methoxy groups -OCH3 is 1. The molecule has 2 aromatic carbocycles. The lowest BCUT2D eigenvalue weighted by Gasteiger charge is -2.14. The summed E-state index contributed by atoms with van der Waals surface area (Å²) in [5.74, 6) is 1.96. The van der Waals surface area contributed by atoms with Crippen LogP contribution in [0, 0.1) is 0 Å². The zero-order valence-electron chi connectivity index (χ0n) is 15.4. The fourth-order valence-electron chi connectivity index (χ4n) is 3.15. The number of amidine groups is 2. The van der Waals surface area contributed by atoms with Gasteiger partial charge in [-0.3, -0.25) is 4.99 Å². The number of thioether (sulfide) groups is 2. The number of nitrogens with zero attached hydrogens (tertiary/aromatic N) is 3. The second-order valence-corrected chi connectivity index (χ2v) is 8.15. The van der Waals surface area contributed by atoms with E-state index in [9.17, 15) is 0 Å². The molecule has 1 atom stereocenters. The predicted octanol–water partition coefficient (Wildman–Crippen LogP) is 4.62. The zero-order chi connectivity index (χ0) is 18.6. The summed E-state index contributed by atoms with van der Waals surface area (Å²) >= 11 is 3.45. The van der Waals surface area contributed by atoms with Gasteiger partial charge in [0.25, 0.3) is 0 Å². The first-order chi connectivity index (χ1) is 13.2. The van der Waals surface area contributed by atoms with Crippen molar-refractivity contribution < 1.29 is 4.74 Å². The molecule has 0 radical (unpaired) electrons. The van der Waals surface area contributed by atoms with Crippen molar-refractivity contribution in [2.75, 3.05) is 37.5 Å². The van der Waals surface area contributed by atoms with Gasteiger partial charge in [-0.2, -0.15) is 0 Å². The standard InChI is InChI=1S/C20H22N4OS2/c1-25-17-8-4-7-16(12-17)22-19(26-2)21-15-6-3-5-14(11-15)18-13-24-9-10-27-20(24)23-18/h3-8,11-12,18H,9-10,13H2,1-2H3,(H,21,22). The quantitative estimate of drug-likeness (QED) is 0.602. The minimum atomic E-state index is 0.225. The molecule has 0 aliphatic carbocycles. The molecule has 1 unspecified atom stereocenters. The number of ether oxygens (including phenoxy) is 1. The van der Waals surface area contributed by atoms with Crippen LogP contribution in [0.15, 0.2) is 58.5 Å². The van der Waals surface area contributed by atoms with Crippen LogP contribution < -0.4 is 10.1 Å². The van der Waals surface area contributed by atoms with Gasteiger partial charge < -0.3 is 15.0 Å². The van der Waals surface area contributed by atoms with Crippen molar-refractivity contribution >= 4 is 45.2 Å². The van der Waals surface area contributed by atoms with E-state index in [0.717, 1.165) is 41.1 Å². The van der Waals surface area contributed by atoms with Gasteiger partial charge in [0.1, 0.15) is 5.75 Å². The molecule has 1 fully saturated rings. The summed E-state index contributed by atoms with van der Waals surface area (Å²) in [4.78, 5) is 12.0. The van der Waals surface area contributed by atoms with E-state index in [1.807, 2.05) is 42.3 Å². The molecule has 7 heteroatoms. The number of hydrogen-bond acceptors (Lipinski definition) is 6. The normalized spacial score (nSPS) is 19.0. The van der Waals surface area contributed by atoms with Crippen LogP contribution in [-0.4, -0.2) is 47.4 Å². The maximum absolute atomic E-state index is 5.28. The Morgan fingerprint density at radius 3 is 3.00 bits per heavy atom. The van der Waals surface area contributed by atoms with Crippen LogP contribution >= 0.6 is 23.5 Å². The maximum atomic E-state index is 5.28. The maximum Gasteiger partial charge on any atom is 0.165 e. The smallest absolute Gasteiger partial charge is 0.165 e.